The first-order valence-electron chi connectivity index (χ1n) is 6.46. The highest BCUT2D eigenvalue weighted by Crippen LogP contribution is 2.41. The molecule has 0 bridgehead atoms. The predicted octanol–water partition coefficient (Wildman–Crippen LogP) is 3.81. The Bertz CT molecular complexity index is 421. The molecule has 0 aromatic heterocycles. The molecule has 0 amide bonds. The van der Waals surface area contributed by atoms with Gasteiger partial charge in [0.15, 0.2) is 0 Å². The second kappa shape index (κ2) is 5.23. The zero-order chi connectivity index (χ0) is 12.1. The van der Waals surface area contributed by atoms with E-state index in [4.69, 9.17) is 4.74 Å². The molecule has 0 N–H and O–H groups in total. The van der Waals surface area contributed by atoms with Gasteiger partial charge in [0.1, 0.15) is 5.75 Å². The van der Waals surface area contributed by atoms with E-state index >= 15 is 0 Å². The number of para-hydroxylation sites is 1. The molecule has 1 aromatic carbocycles. The average Bonchev–Trinajstić information content (AvgIpc) is 2.39. The molecule has 1 aliphatic heterocycles. The van der Waals surface area contributed by atoms with Crippen LogP contribution in [0.1, 0.15) is 44.6 Å². The van der Waals surface area contributed by atoms with Crippen LogP contribution < -0.4 is 4.74 Å². The van der Waals surface area contributed by atoms with Gasteiger partial charge >= 0.3 is 0 Å². The second-order valence-corrected chi connectivity index (χ2v) is 4.75. The molecule has 0 aliphatic carbocycles. The Morgan fingerprint density at radius 3 is 2.94 bits per heavy atom. The molecule has 1 aliphatic rings. The normalized spacial score (nSPS) is 22.4. The van der Waals surface area contributed by atoms with Gasteiger partial charge in [-0.05, 0) is 12.5 Å². The van der Waals surface area contributed by atoms with Gasteiger partial charge in [0.2, 0.25) is 0 Å². The Kier molecular flexibility index (Phi) is 3.68. The first-order chi connectivity index (χ1) is 8.32. The van der Waals surface area contributed by atoms with Crippen LogP contribution in [0.25, 0.3) is 0 Å². The first-order valence-corrected chi connectivity index (χ1v) is 6.46. The smallest absolute Gasteiger partial charge is 0.124 e. The number of benzene rings is 1. The van der Waals surface area contributed by atoms with E-state index in [1.165, 1.54) is 12.8 Å². The van der Waals surface area contributed by atoms with E-state index in [0.29, 0.717) is 6.61 Å². The molecule has 2 heteroatoms. The minimum atomic E-state index is -0.315. The fourth-order valence-electron chi connectivity index (χ4n) is 2.57. The largest absolute Gasteiger partial charge is 0.493 e. The number of fused-ring (bicyclic) bond motifs is 1. The Morgan fingerprint density at radius 1 is 1.35 bits per heavy atom. The lowest BCUT2D eigenvalue weighted by molar-refractivity contribution is 0.233. The van der Waals surface area contributed by atoms with Gasteiger partial charge in [-0.25, -0.2) is 0 Å². The fraction of sp³-hybridized carbons (Fsp3) is 0.533. The number of unbranched alkanes of at least 4 members (excludes halogenated alkanes) is 2. The third-order valence-corrected chi connectivity index (χ3v) is 3.61. The van der Waals surface area contributed by atoms with Crippen molar-refractivity contribution in [2.45, 2.75) is 44.4 Å². The summed E-state index contributed by atoms with van der Waals surface area (Å²) in [6.07, 6.45) is 5.30. The van der Waals surface area contributed by atoms with Crippen LogP contribution in [0.2, 0.25) is 0 Å². The lowest BCUT2D eigenvalue weighted by atomic mass is 9.73. The Morgan fingerprint density at radius 2 is 2.18 bits per heavy atom. The maximum Gasteiger partial charge on any atom is 0.124 e. The molecule has 0 radical (unpaired) electrons. The number of nitrogens with zero attached hydrogens (tertiary/aromatic N) is 1. The van der Waals surface area contributed by atoms with E-state index in [1.54, 1.807) is 0 Å². The first kappa shape index (κ1) is 12.0. The van der Waals surface area contributed by atoms with Crippen LogP contribution in [0.5, 0.6) is 5.75 Å². The summed E-state index contributed by atoms with van der Waals surface area (Å²) in [6, 6.07) is 10.5. The molecular weight excluding hydrogens is 210 g/mol. The minimum absolute atomic E-state index is 0.315. The maximum atomic E-state index is 9.58. The number of ether oxygens (including phenoxy) is 1. The van der Waals surface area contributed by atoms with Crippen molar-refractivity contribution in [1.29, 1.82) is 5.26 Å². The summed E-state index contributed by atoms with van der Waals surface area (Å²) in [6.45, 7) is 2.85. The molecule has 2 rings (SSSR count). The Balaban J connectivity index is 2.27. The van der Waals surface area contributed by atoms with Crippen molar-refractivity contribution < 1.29 is 4.74 Å². The van der Waals surface area contributed by atoms with Crippen molar-refractivity contribution in [3.8, 4) is 11.8 Å². The van der Waals surface area contributed by atoms with Gasteiger partial charge in [0.25, 0.3) is 0 Å². The number of rotatable bonds is 4. The molecule has 90 valence electrons. The molecule has 1 atom stereocenters. The van der Waals surface area contributed by atoms with E-state index in [9.17, 15) is 5.26 Å². The summed E-state index contributed by atoms with van der Waals surface area (Å²) in [4.78, 5) is 0. The van der Waals surface area contributed by atoms with Gasteiger partial charge < -0.3 is 4.74 Å². The fourth-order valence-corrected chi connectivity index (χ4v) is 2.57. The van der Waals surface area contributed by atoms with Gasteiger partial charge in [0, 0.05) is 12.0 Å². The summed E-state index contributed by atoms with van der Waals surface area (Å²) in [5.41, 5.74) is 0.772. The number of nitriles is 1. The lowest BCUT2D eigenvalue weighted by Crippen LogP contribution is -2.31. The maximum absolute atomic E-state index is 9.58. The Labute approximate surface area is 103 Å². The van der Waals surface area contributed by atoms with E-state index < -0.39 is 0 Å². The average molecular weight is 229 g/mol. The van der Waals surface area contributed by atoms with Crippen LogP contribution in [-0.2, 0) is 5.41 Å². The van der Waals surface area contributed by atoms with Crippen LogP contribution in [0.15, 0.2) is 24.3 Å². The van der Waals surface area contributed by atoms with Gasteiger partial charge in [-0.2, -0.15) is 5.26 Å². The summed E-state index contributed by atoms with van der Waals surface area (Å²) in [7, 11) is 0. The minimum Gasteiger partial charge on any atom is -0.493 e. The zero-order valence-corrected chi connectivity index (χ0v) is 10.4. The van der Waals surface area contributed by atoms with E-state index in [0.717, 1.165) is 30.6 Å². The molecule has 2 nitrogen and oxygen atoms in total. The van der Waals surface area contributed by atoms with E-state index in [-0.39, 0.29) is 5.41 Å². The highest BCUT2D eigenvalue weighted by Gasteiger charge is 2.37. The molecule has 0 saturated heterocycles. The number of hydrogen-bond acceptors (Lipinski definition) is 2. The van der Waals surface area contributed by atoms with Crippen molar-refractivity contribution in [3.63, 3.8) is 0 Å². The van der Waals surface area contributed by atoms with Crippen LogP contribution >= 0.6 is 0 Å². The lowest BCUT2D eigenvalue weighted by Gasteiger charge is -2.33. The van der Waals surface area contributed by atoms with Crippen molar-refractivity contribution in [2.24, 2.45) is 0 Å². The van der Waals surface area contributed by atoms with Crippen LogP contribution in [0, 0.1) is 11.3 Å². The molecule has 1 unspecified atom stereocenters. The third kappa shape index (κ3) is 2.29. The summed E-state index contributed by atoms with van der Waals surface area (Å²) in [5.74, 6) is 0.900. The monoisotopic (exact) mass is 229 g/mol. The molecule has 1 heterocycles. The van der Waals surface area contributed by atoms with Crippen LogP contribution in [0.3, 0.4) is 0 Å². The molecule has 0 spiro atoms. The van der Waals surface area contributed by atoms with E-state index in [2.05, 4.69) is 13.0 Å². The second-order valence-electron chi connectivity index (χ2n) is 4.75. The van der Waals surface area contributed by atoms with E-state index in [1.807, 2.05) is 24.3 Å². The summed E-state index contributed by atoms with van der Waals surface area (Å²) >= 11 is 0. The quantitative estimate of drug-likeness (QED) is 0.735. The molecule has 1 aromatic rings. The van der Waals surface area contributed by atoms with Gasteiger partial charge in [-0.15, -0.1) is 0 Å². The molecule has 0 saturated carbocycles. The zero-order valence-electron chi connectivity index (χ0n) is 10.4. The summed E-state index contributed by atoms with van der Waals surface area (Å²) < 4.78 is 5.64. The topological polar surface area (TPSA) is 33.0 Å². The Hall–Kier alpha value is -1.49. The molecular formula is C15H19NO. The molecule has 0 fully saturated rings. The van der Waals surface area contributed by atoms with Gasteiger partial charge in [-0.3, -0.25) is 0 Å². The molecule has 17 heavy (non-hydrogen) atoms. The van der Waals surface area contributed by atoms with Crippen molar-refractivity contribution in [3.05, 3.63) is 29.8 Å². The van der Waals surface area contributed by atoms with Crippen molar-refractivity contribution >= 4 is 0 Å². The van der Waals surface area contributed by atoms with Crippen molar-refractivity contribution in [1.82, 2.24) is 0 Å². The van der Waals surface area contributed by atoms with Gasteiger partial charge in [-0.1, -0.05) is 44.4 Å². The summed E-state index contributed by atoms with van der Waals surface area (Å²) in [5, 5.41) is 9.58. The van der Waals surface area contributed by atoms with Crippen molar-refractivity contribution in [2.75, 3.05) is 6.61 Å². The van der Waals surface area contributed by atoms with Crippen LogP contribution in [-0.4, -0.2) is 6.61 Å². The third-order valence-electron chi connectivity index (χ3n) is 3.61. The SMILES string of the molecule is CCCCCC1(C#N)CCOc2ccccc21. The predicted molar refractivity (Wildman–Crippen MR) is 68.0 cm³/mol. The number of hydrogen-bond donors (Lipinski definition) is 0. The standard InChI is InChI=1S/C15H19NO/c1-2-3-6-9-15(12-16)10-11-17-14-8-5-4-7-13(14)15/h4-5,7-8H,2-3,6,9-11H2,1H3. The highest BCUT2D eigenvalue weighted by atomic mass is 16.5. The highest BCUT2D eigenvalue weighted by molar-refractivity contribution is 5.45. The van der Waals surface area contributed by atoms with Gasteiger partial charge in [0.05, 0.1) is 18.1 Å². The van der Waals surface area contributed by atoms with Crippen LogP contribution in [0.4, 0.5) is 0 Å².